The fourth-order valence-electron chi connectivity index (χ4n) is 2.05. The Morgan fingerprint density at radius 3 is 2.47 bits per heavy atom. The molecule has 100 valence electrons. The van der Waals surface area contributed by atoms with Gasteiger partial charge in [0.2, 0.25) is 0 Å². The van der Waals surface area contributed by atoms with Gasteiger partial charge in [-0.05, 0) is 44.0 Å². The van der Waals surface area contributed by atoms with Gasteiger partial charge in [0.25, 0.3) is 0 Å². The van der Waals surface area contributed by atoms with Crippen molar-refractivity contribution in [3.63, 3.8) is 0 Å². The molecule has 0 aliphatic rings. The molecule has 0 saturated heterocycles. The van der Waals surface area contributed by atoms with Crippen LogP contribution in [-0.4, -0.2) is 17.6 Å². The molecule has 0 bridgehead atoms. The zero-order valence-corrected chi connectivity index (χ0v) is 12.0. The molecule has 1 N–H and O–H groups in total. The van der Waals surface area contributed by atoms with E-state index in [2.05, 4.69) is 4.98 Å². The lowest BCUT2D eigenvalue weighted by atomic mass is 10.0. The van der Waals surface area contributed by atoms with E-state index >= 15 is 0 Å². The number of carbonyl (C=O) groups excluding carboxylic acids is 1. The van der Waals surface area contributed by atoms with Gasteiger partial charge in [0, 0.05) is 16.3 Å². The first-order valence-corrected chi connectivity index (χ1v) is 6.54. The van der Waals surface area contributed by atoms with Gasteiger partial charge >= 0.3 is 5.97 Å². The first-order valence-electron chi connectivity index (χ1n) is 6.16. The van der Waals surface area contributed by atoms with Crippen LogP contribution in [0.1, 0.15) is 28.7 Å². The Bertz CT molecular complexity index is 599. The van der Waals surface area contributed by atoms with Crippen molar-refractivity contribution in [1.82, 2.24) is 4.98 Å². The van der Waals surface area contributed by atoms with E-state index in [4.69, 9.17) is 16.3 Å². The summed E-state index contributed by atoms with van der Waals surface area (Å²) in [6.07, 6.45) is 0. The molecule has 2 rings (SSSR count). The predicted octanol–water partition coefficient (Wildman–Crippen LogP) is 4.13. The number of aromatic nitrogens is 1. The molecule has 0 saturated carbocycles. The Hall–Kier alpha value is -1.74. The van der Waals surface area contributed by atoms with Crippen LogP contribution in [0.15, 0.2) is 24.3 Å². The fraction of sp³-hybridized carbons (Fsp3) is 0.267. The summed E-state index contributed by atoms with van der Waals surface area (Å²) < 4.78 is 5.09. The van der Waals surface area contributed by atoms with Gasteiger partial charge in [0.05, 0.1) is 6.61 Å². The first kappa shape index (κ1) is 13.7. The molecular weight excluding hydrogens is 262 g/mol. The van der Waals surface area contributed by atoms with Gasteiger partial charge in [-0.25, -0.2) is 4.79 Å². The molecule has 1 aromatic carbocycles. The first-order chi connectivity index (χ1) is 9.04. The number of halogens is 1. The van der Waals surface area contributed by atoms with Gasteiger partial charge in [-0.3, -0.25) is 0 Å². The summed E-state index contributed by atoms with van der Waals surface area (Å²) >= 11 is 5.90. The number of benzene rings is 1. The second-order valence-electron chi connectivity index (χ2n) is 4.35. The highest BCUT2D eigenvalue weighted by Gasteiger charge is 2.20. The normalized spacial score (nSPS) is 10.5. The summed E-state index contributed by atoms with van der Waals surface area (Å²) in [5.74, 6) is -0.330. The maximum atomic E-state index is 12.0. The summed E-state index contributed by atoms with van der Waals surface area (Å²) in [7, 11) is 0. The monoisotopic (exact) mass is 277 g/mol. The zero-order chi connectivity index (χ0) is 14.0. The Labute approximate surface area is 117 Å². The Morgan fingerprint density at radius 2 is 1.89 bits per heavy atom. The van der Waals surface area contributed by atoms with Crippen molar-refractivity contribution in [2.45, 2.75) is 20.8 Å². The fourth-order valence-corrected chi connectivity index (χ4v) is 2.18. The van der Waals surface area contributed by atoms with Crippen molar-refractivity contribution in [3.8, 4) is 11.1 Å². The summed E-state index contributed by atoms with van der Waals surface area (Å²) in [5, 5.41) is 0.673. The topological polar surface area (TPSA) is 42.1 Å². The van der Waals surface area contributed by atoms with Crippen LogP contribution in [0.2, 0.25) is 5.02 Å². The maximum Gasteiger partial charge on any atom is 0.355 e. The van der Waals surface area contributed by atoms with Crippen molar-refractivity contribution in [3.05, 3.63) is 46.2 Å². The second kappa shape index (κ2) is 5.49. The molecule has 0 amide bonds. The minimum atomic E-state index is -0.330. The minimum absolute atomic E-state index is 0.330. The van der Waals surface area contributed by atoms with Crippen LogP contribution in [0, 0.1) is 13.8 Å². The number of esters is 1. The molecule has 19 heavy (non-hydrogen) atoms. The highest BCUT2D eigenvalue weighted by molar-refractivity contribution is 6.30. The number of carbonyl (C=O) groups is 1. The molecule has 0 aliphatic carbocycles. The van der Waals surface area contributed by atoms with E-state index in [1.165, 1.54) is 0 Å². The van der Waals surface area contributed by atoms with E-state index in [1.807, 2.05) is 38.1 Å². The Balaban J connectivity index is 2.55. The van der Waals surface area contributed by atoms with Gasteiger partial charge in [-0.1, -0.05) is 23.7 Å². The van der Waals surface area contributed by atoms with Crippen molar-refractivity contribution in [2.75, 3.05) is 6.61 Å². The van der Waals surface area contributed by atoms with Crippen molar-refractivity contribution in [1.29, 1.82) is 0 Å². The standard InChI is InChI=1S/C15H16ClNO2/c1-4-19-15(18)14-13(9(2)10(3)17-14)11-5-7-12(16)8-6-11/h5-8,17H,4H2,1-3H3. The molecule has 0 spiro atoms. The van der Waals surface area contributed by atoms with E-state index < -0.39 is 0 Å². The molecule has 1 heterocycles. The smallest absolute Gasteiger partial charge is 0.355 e. The maximum absolute atomic E-state index is 12.0. The van der Waals surface area contributed by atoms with E-state index in [-0.39, 0.29) is 5.97 Å². The summed E-state index contributed by atoms with van der Waals surface area (Å²) in [4.78, 5) is 15.1. The van der Waals surface area contributed by atoms with Crippen molar-refractivity contribution in [2.24, 2.45) is 0 Å². The van der Waals surface area contributed by atoms with Gasteiger partial charge in [0.15, 0.2) is 0 Å². The van der Waals surface area contributed by atoms with E-state index in [0.717, 1.165) is 22.4 Å². The number of nitrogens with one attached hydrogen (secondary N) is 1. The lowest BCUT2D eigenvalue weighted by molar-refractivity contribution is 0.0521. The van der Waals surface area contributed by atoms with Crippen molar-refractivity contribution < 1.29 is 9.53 Å². The van der Waals surface area contributed by atoms with E-state index in [9.17, 15) is 4.79 Å². The van der Waals surface area contributed by atoms with Crippen LogP contribution < -0.4 is 0 Å². The lowest BCUT2D eigenvalue weighted by Gasteiger charge is -2.06. The minimum Gasteiger partial charge on any atom is -0.461 e. The zero-order valence-electron chi connectivity index (χ0n) is 11.2. The highest BCUT2D eigenvalue weighted by atomic mass is 35.5. The molecule has 4 heteroatoms. The molecule has 0 radical (unpaired) electrons. The molecule has 0 aliphatic heterocycles. The highest BCUT2D eigenvalue weighted by Crippen LogP contribution is 2.31. The molecule has 0 atom stereocenters. The predicted molar refractivity (Wildman–Crippen MR) is 76.7 cm³/mol. The third-order valence-corrected chi connectivity index (χ3v) is 3.36. The van der Waals surface area contributed by atoms with Crippen LogP contribution in [-0.2, 0) is 4.74 Å². The van der Waals surface area contributed by atoms with Gasteiger partial charge in [0.1, 0.15) is 5.69 Å². The quantitative estimate of drug-likeness (QED) is 0.857. The number of ether oxygens (including phenoxy) is 1. The molecule has 1 aromatic heterocycles. The van der Waals surface area contributed by atoms with Crippen LogP contribution in [0.3, 0.4) is 0 Å². The second-order valence-corrected chi connectivity index (χ2v) is 4.79. The molecule has 2 aromatic rings. The van der Waals surface area contributed by atoms with Gasteiger partial charge < -0.3 is 9.72 Å². The largest absolute Gasteiger partial charge is 0.461 e. The molecule has 0 fully saturated rings. The van der Waals surface area contributed by atoms with E-state index in [0.29, 0.717) is 17.3 Å². The van der Waals surface area contributed by atoms with Crippen LogP contribution >= 0.6 is 11.6 Å². The number of rotatable bonds is 3. The van der Waals surface area contributed by atoms with Crippen molar-refractivity contribution >= 4 is 17.6 Å². The average molecular weight is 278 g/mol. The Morgan fingerprint density at radius 1 is 1.26 bits per heavy atom. The van der Waals surface area contributed by atoms with Gasteiger partial charge in [-0.2, -0.15) is 0 Å². The number of hydrogen-bond donors (Lipinski definition) is 1. The van der Waals surface area contributed by atoms with Crippen LogP contribution in [0.5, 0.6) is 0 Å². The summed E-state index contributed by atoms with van der Waals surface area (Å²) in [6.45, 7) is 6.08. The SMILES string of the molecule is CCOC(=O)c1[nH]c(C)c(C)c1-c1ccc(Cl)cc1. The summed E-state index contributed by atoms with van der Waals surface area (Å²) in [5.41, 5.74) is 4.35. The third kappa shape index (κ3) is 2.66. The average Bonchev–Trinajstić information content (AvgIpc) is 2.68. The summed E-state index contributed by atoms with van der Waals surface area (Å²) in [6, 6.07) is 7.43. The number of H-pyrrole nitrogens is 1. The molecular formula is C15H16ClNO2. The Kier molecular flexibility index (Phi) is 3.96. The lowest BCUT2D eigenvalue weighted by Crippen LogP contribution is -2.06. The molecule has 0 unspecified atom stereocenters. The third-order valence-electron chi connectivity index (χ3n) is 3.11. The van der Waals surface area contributed by atoms with Crippen LogP contribution in [0.4, 0.5) is 0 Å². The number of aromatic amines is 1. The number of hydrogen-bond acceptors (Lipinski definition) is 2. The molecule has 3 nitrogen and oxygen atoms in total. The van der Waals surface area contributed by atoms with Gasteiger partial charge in [-0.15, -0.1) is 0 Å². The van der Waals surface area contributed by atoms with Crippen LogP contribution in [0.25, 0.3) is 11.1 Å². The van der Waals surface area contributed by atoms with E-state index in [1.54, 1.807) is 6.92 Å². The number of aryl methyl sites for hydroxylation is 1.